The molecule has 0 atom stereocenters. The maximum Gasteiger partial charge on any atom is 0.288 e. The van der Waals surface area contributed by atoms with Crippen LogP contribution < -0.4 is 10.6 Å². The molecule has 0 fully saturated rings. The first-order valence-corrected chi connectivity index (χ1v) is 7.52. The Hall–Kier alpha value is -3.39. The van der Waals surface area contributed by atoms with Crippen molar-refractivity contribution in [2.45, 2.75) is 0 Å². The van der Waals surface area contributed by atoms with Crippen molar-refractivity contribution in [3.05, 3.63) is 68.4 Å². The van der Waals surface area contributed by atoms with Gasteiger partial charge in [-0.15, -0.1) is 0 Å². The van der Waals surface area contributed by atoms with Crippen molar-refractivity contribution in [2.24, 2.45) is 5.16 Å². The van der Waals surface area contributed by atoms with Crippen LogP contribution in [0.5, 0.6) is 0 Å². The predicted octanol–water partition coefficient (Wildman–Crippen LogP) is 3.22. The molecule has 0 aromatic heterocycles. The van der Waals surface area contributed by atoms with Crippen LogP contribution in [0.15, 0.2) is 47.3 Å². The molecule has 0 radical (unpaired) electrons. The van der Waals surface area contributed by atoms with Crippen molar-refractivity contribution in [1.29, 1.82) is 0 Å². The molecule has 0 saturated carbocycles. The molecule has 25 heavy (non-hydrogen) atoms. The molecule has 2 aliphatic heterocycles. The lowest BCUT2D eigenvalue weighted by molar-refractivity contribution is -0.384. The molecular weight excluding hydrogens is 348 g/mol. The van der Waals surface area contributed by atoms with Crippen LogP contribution in [-0.2, 0) is 4.79 Å². The highest BCUT2D eigenvalue weighted by Gasteiger charge is 2.35. The molecule has 0 unspecified atom stereocenters. The maximum absolute atomic E-state index is 12.5. The third kappa shape index (κ3) is 2.15. The fourth-order valence-corrected chi connectivity index (χ4v) is 3.21. The lowest BCUT2D eigenvalue weighted by atomic mass is 10.0. The highest BCUT2D eigenvalue weighted by Crippen LogP contribution is 2.42. The van der Waals surface area contributed by atoms with E-state index in [0.717, 1.165) is 0 Å². The number of fused-ring (bicyclic) bond motifs is 2. The second-order valence-corrected chi connectivity index (χ2v) is 5.84. The summed E-state index contributed by atoms with van der Waals surface area (Å²) in [4.78, 5) is 23.0. The van der Waals surface area contributed by atoms with E-state index in [1.54, 1.807) is 24.3 Å². The molecular formula is C16H9ClN4O4. The summed E-state index contributed by atoms with van der Waals surface area (Å²) in [6.45, 7) is 0. The van der Waals surface area contributed by atoms with Gasteiger partial charge in [-0.3, -0.25) is 14.9 Å². The normalized spacial score (nSPS) is 19.4. The Morgan fingerprint density at radius 3 is 2.60 bits per heavy atom. The quantitative estimate of drug-likeness (QED) is 0.314. The number of para-hydroxylation sites is 1. The summed E-state index contributed by atoms with van der Waals surface area (Å²) in [5.74, 6) is -0.469. The largest absolute Gasteiger partial charge is 0.410 e. The van der Waals surface area contributed by atoms with Gasteiger partial charge in [-0.05, 0) is 12.1 Å². The minimum absolute atomic E-state index is 0.0750. The van der Waals surface area contributed by atoms with Gasteiger partial charge in [-0.1, -0.05) is 35.0 Å². The van der Waals surface area contributed by atoms with Crippen LogP contribution in [0.2, 0.25) is 5.02 Å². The first-order valence-electron chi connectivity index (χ1n) is 7.14. The zero-order chi connectivity index (χ0) is 17.7. The van der Waals surface area contributed by atoms with Gasteiger partial charge in [0.15, 0.2) is 0 Å². The van der Waals surface area contributed by atoms with Gasteiger partial charge in [-0.2, -0.15) is 0 Å². The first kappa shape index (κ1) is 15.2. The number of hydrogen-bond acceptors (Lipinski definition) is 6. The van der Waals surface area contributed by atoms with Gasteiger partial charge in [0.05, 0.1) is 21.9 Å². The van der Waals surface area contributed by atoms with E-state index in [-0.39, 0.29) is 27.7 Å². The van der Waals surface area contributed by atoms with E-state index in [9.17, 15) is 20.1 Å². The fourth-order valence-electron chi connectivity index (χ4n) is 2.98. The standard InChI is InChI=1S/C16H9ClN4O4/c17-9-6-11-8(5-12(9)21(24)25)13(16(22)19-11)15-14(20-23)7-3-1-2-4-10(7)18-15/h1-6,18,23H,(H,19,22)/b15-13-,20-14+. The number of rotatable bonds is 1. The van der Waals surface area contributed by atoms with Crippen LogP contribution in [0.4, 0.5) is 17.1 Å². The number of nitrogens with zero attached hydrogens (tertiary/aromatic N) is 2. The van der Waals surface area contributed by atoms with Crippen molar-refractivity contribution in [1.82, 2.24) is 0 Å². The van der Waals surface area contributed by atoms with E-state index in [4.69, 9.17) is 11.6 Å². The molecule has 2 aromatic carbocycles. The van der Waals surface area contributed by atoms with E-state index in [1.165, 1.54) is 12.1 Å². The molecule has 0 aliphatic carbocycles. The molecule has 2 heterocycles. The Morgan fingerprint density at radius 2 is 1.88 bits per heavy atom. The van der Waals surface area contributed by atoms with Crippen molar-refractivity contribution < 1.29 is 14.9 Å². The molecule has 2 aliphatic rings. The van der Waals surface area contributed by atoms with Gasteiger partial charge in [-0.25, -0.2) is 0 Å². The SMILES string of the molecule is O=C1Nc2cc(Cl)c([N+](=O)[O-])cc2/C1=C1/Nc2ccccc2/C1=N\O. The Kier molecular flexibility index (Phi) is 3.22. The lowest BCUT2D eigenvalue weighted by Gasteiger charge is -2.05. The second kappa shape index (κ2) is 5.32. The van der Waals surface area contributed by atoms with Crippen molar-refractivity contribution >= 4 is 45.9 Å². The summed E-state index contributed by atoms with van der Waals surface area (Å²) in [6, 6.07) is 9.64. The van der Waals surface area contributed by atoms with Crippen LogP contribution in [0.3, 0.4) is 0 Å². The Balaban J connectivity index is 1.97. The smallest absolute Gasteiger partial charge is 0.288 e. The number of benzene rings is 2. The molecule has 2 aromatic rings. The monoisotopic (exact) mass is 356 g/mol. The molecule has 0 spiro atoms. The van der Waals surface area contributed by atoms with E-state index < -0.39 is 10.8 Å². The van der Waals surface area contributed by atoms with Crippen molar-refractivity contribution in [3.63, 3.8) is 0 Å². The Bertz CT molecular complexity index is 1030. The average Bonchev–Trinajstić information content (AvgIpc) is 3.09. The van der Waals surface area contributed by atoms with E-state index in [2.05, 4.69) is 15.8 Å². The molecule has 9 heteroatoms. The van der Waals surface area contributed by atoms with Crippen LogP contribution >= 0.6 is 11.6 Å². The molecule has 4 rings (SSSR count). The number of nitrogens with one attached hydrogen (secondary N) is 2. The van der Waals surface area contributed by atoms with Crippen LogP contribution in [0.25, 0.3) is 5.57 Å². The first-order chi connectivity index (χ1) is 12.0. The van der Waals surface area contributed by atoms with Crippen LogP contribution in [-0.4, -0.2) is 21.7 Å². The average molecular weight is 357 g/mol. The number of amides is 1. The molecule has 124 valence electrons. The number of anilines is 2. The number of nitro groups is 1. The zero-order valence-corrected chi connectivity index (χ0v) is 13.2. The Morgan fingerprint density at radius 1 is 1.12 bits per heavy atom. The van der Waals surface area contributed by atoms with Gasteiger partial charge in [0.1, 0.15) is 10.7 Å². The van der Waals surface area contributed by atoms with Gasteiger partial charge in [0, 0.05) is 22.9 Å². The molecule has 0 bridgehead atoms. The number of carbonyl (C=O) groups is 1. The molecule has 3 N–H and O–H groups in total. The lowest BCUT2D eigenvalue weighted by Crippen LogP contribution is -2.12. The summed E-state index contributed by atoms with van der Waals surface area (Å²) >= 11 is 5.90. The number of allylic oxidation sites excluding steroid dienone is 1. The highest BCUT2D eigenvalue weighted by molar-refractivity contribution is 6.40. The summed E-state index contributed by atoms with van der Waals surface area (Å²) in [5.41, 5.74) is 2.27. The second-order valence-electron chi connectivity index (χ2n) is 5.43. The maximum atomic E-state index is 12.5. The van der Waals surface area contributed by atoms with Gasteiger partial charge in [0.25, 0.3) is 11.6 Å². The number of nitro benzene ring substituents is 1. The van der Waals surface area contributed by atoms with Gasteiger partial charge in [0.2, 0.25) is 0 Å². The summed E-state index contributed by atoms with van der Waals surface area (Å²) in [5, 5.41) is 29.4. The van der Waals surface area contributed by atoms with E-state index in [1.807, 2.05) is 0 Å². The third-order valence-electron chi connectivity index (χ3n) is 4.06. The minimum atomic E-state index is -0.619. The fraction of sp³-hybridized carbons (Fsp3) is 0. The van der Waals surface area contributed by atoms with Gasteiger partial charge < -0.3 is 15.8 Å². The summed E-state index contributed by atoms with van der Waals surface area (Å²) < 4.78 is 0. The van der Waals surface area contributed by atoms with Crippen LogP contribution in [0.1, 0.15) is 11.1 Å². The van der Waals surface area contributed by atoms with E-state index >= 15 is 0 Å². The minimum Gasteiger partial charge on any atom is -0.410 e. The Labute approximate surface area is 145 Å². The summed E-state index contributed by atoms with van der Waals surface area (Å²) in [7, 11) is 0. The summed E-state index contributed by atoms with van der Waals surface area (Å²) in [6.07, 6.45) is 0. The number of oxime groups is 1. The molecule has 8 nitrogen and oxygen atoms in total. The molecule has 1 amide bonds. The number of hydrogen-bond donors (Lipinski definition) is 3. The number of halogens is 1. The van der Waals surface area contributed by atoms with E-state index in [0.29, 0.717) is 22.5 Å². The zero-order valence-electron chi connectivity index (χ0n) is 12.4. The van der Waals surface area contributed by atoms with Crippen molar-refractivity contribution in [3.8, 4) is 0 Å². The predicted molar refractivity (Wildman–Crippen MR) is 92.0 cm³/mol. The highest BCUT2D eigenvalue weighted by atomic mass is 35.5. The van der Waals surface area contributed by atoms with Crippen LogP contribution in [0, 0.1) is 10.1 Å². The number of carbonyl (C=O) groups excluding carboxylic acids is 1. The topological polar surface area (TPSA) is 117 Å². The van der Waals surface area contributed by atoms with Gasteiger partial charge >= 0.3 is 0 Å². The van der Waals surface area contributed by atoms with Crippen molar-refractivity contribution in [2.75, 3.05) is 10.6 Å². The third-order valence-corrected chi connectivity index (χ3v) is 4.36. The molecule has 0 saturated heterocycles.